The van der Waals surface area contributed by atoms with Gasteiger partial charge in [-0.3, -0.25) is 9.88 Å². The Morgan fingerprint density at radius 3 is 2.76 bits per heavy atom. The monoisotopic (exact) mass is 539 g/mol. The summed E-state index contributed by atoms with van der Waals surface area (Å²) in [7, 11) is 0. The number of rotatable bonds is 7. The number of aryl methyl sites for hydroxylation is 1. The molecular formula is C30H32F3N3OS. The molecule has 0 amide bonds. The van der Waals surface area contributed by atoms with E-state index in [0.717, 1.165) is 60.1 Å². The standard InChI is InChI=1S/C30H32F3N3OS/c1-3-20-16-36-9-7-21(20)13-28(36)26(24-6-8-34-27-5-4-19(17-37)12-25(24)27)15-29(38)35-23-11-18(2)10-22(14-23)30(31,32)33/h3-6,8,10-12,14,20-21,26,28,37H,1,7,9,13,15-17H2,2H3,(H,35,38)/t20-,21?,26-,28-/m0/s1. The predicted molar refractivity (Wildman–Crippen MR) is 149 cm³/mol. The van der Waals surface area contributed by atoms with Crippen LogP contribution in [0.25, 0.3) is 10.9 Å². The molecule has 3 aliphatic heterocycles. The second kappa shape index (κ2) is 10.8. The van der Waals surface area contributed by atoms with Gasteiger partial charge in [0.1, 0.15) is 0 Å². The Hall–Kier alpha value is -2.81. The fourth-order valence-electron chi connectivity index (χ4n) is 6.32. The lowest BCUT2D eigenvalue weighted by atomic mass is 9.70. The van der Waals surface area contributed by atoms with Crippen molar-refractivity contribution in [2.45, 2.75) is 50.9 Å². The summed E-state index contributed by atoms with van der Waals surface area (Å²) in [6, 6.07) is 12.0. The summed E-state index contributed by atoms with van der Waals surface area (Å²) < 4.78 is 40.3. The van der Waals surface area contributed by atoms with E-state index >= 15 is 0 Å². The van der Waals surface area contributed by atoms with E-state index in [2.05, 4.69) is 27.9 Å². The van der Waals surface area contributed by atoms with Crippen LogP contribution in [0.15, 0.2) is 61.3 Å². The number of aliphatic hydroxyl groups excluding tert-OH is 1. The van der Waals surface area contributed by atoms with Crippen LogP contribution in [-0.4, -0.2) is 39.1 Å². The molecule has 3 fully saturated rings. The van der Waals surface area contributed by atoms with Crippen LogP contribution in [0.4, 0.5) is 18.9 Å². The quantitative estimate of drug-likeness (QED) is 0.254. The van der Waals surface area contributed by atoms with Gasteiger partial charge in [-0.05, 0) is 91.2 Å². The molecule has 38 heavy (non-hydrogen) atoms. The minimum absolute atomic E-state index is 0.00917. The third-order valence-corrected chi connectivity index (χ3v) is 8.40. The smallest absolute Gasteiger partial charge is 0.392 e. The fourth-order valence-corrected chi connectivity index (χ4v) is 6.61. The molecule has 200 valence electrons. The zero-order valence-corrected chi connectivity index (χ0v) is 22.2. The van der Waals surface area contributed by atoms with E-state index in [0.29, 0.717) is 34.5 Å². The Morgan fingerprint density at radius 1 is 1.26 bits per heavy atom. The number of pyridine rings is 1. The normalized spacial score (nSPS) is 23.8. The van der Waals surface area contributed by atoms with Crippen LogP contribution in [0.1, 0.15) is 47.4 Å². The average Bonchev–Trinajstić information content (AvgIpc) is 2.90. The first-order valence-electron chi connectivity index (χ1n) is 13.0. The molecule has 3 saturated heterocycles. The number of fused-ring (bicyclic) bond motifs is 4. The summed E-state index contributed by atoms with van der Waals surface area (Å²) in [5.41, 5.74) is 2.93. The Morgan fingerprint density at radius 2 is 2.08 bits per heavy atom. The number of thiocarbonyl (C=S) groups is 1. The number of alkyl halides is 3. The number of hydrogen-bond acceptors (Lipinski definition) is 4. The van der Waals surface area contributed by atoms with Crippen molar-refractivity contribution in [1.82, 2.24) is 9.88 Å². The van der Waals surface area contributed by atoms with Crippen molar-refractivity contribution in [3.8, 4) is 0 Å². The number of anilines is 1. The van der Waals surface area contributed by atoms with Crippen molar-refractivity contribution in [1.29, 1.82) is 0 Å². The lowest BCUT2D eigenvalue weighted by Gasteiger charge is -2.52. The number of aromatic nitrogens is 1. The number of piperidine rings is 3. The molecule has 5 atom stereocenters. The highest BCUT2D eigenvalue weighted by atomic mass is 32.1. The first kappa shape index (κ1) is 26.8. The molecule has 2 N–H and O–H groups in total. The van der Waals surface area contributed by atoms with Crippen LogP contribution >= 0.6 is 12.2 Å². The first-order chi connectivity index (χ1) is 18.2. The van der Waals surface area contributed by atoms with Gasteiger partial charge in [0.05, 0.1) is 22.7 Å². The summed E-state index contributed by atoms with van der Waals surface area (Å²) in [5.74, 6) is 1.03. The van der Waals surface area contributed by atoms with E-state index in [1.54, 1.807) is 19.2 Å². The van der Waals surface area contributed by atoms with Crippen LogP contribution in [0.3, 0.4) is 0 Å². The maximum atomic E-state index is 13.4. The minimum Gasteiger partial charge on any atom is -0.392 e. The average molecular weight is 540 g/mol. The molecule has 0 radical (unpaired) electrons. The molecule has 1 aromatic heterocycles. The molecule has 4 nitrogen and oxygen atoms in total. The van der Waals surface area contributed by atoms with E-state index in [9.17, 15) is 18.3 Å². The molecular weight excluding hydrogens is 507 g/mol. The predicted octanol–water partition coefficient (Wildman–Crippen LogP) is 6.86. The Bertz CT molecular complexity index is 1360. The molecule has 2 unspecified atom stereocenters. The highest BCUT2D eigenvalue weighted by molar-refractivity contribution is 7.80. The zero-order chi connectivity index (χ0) is 27.0. The van der Waals surface area contributed by atoms with Gasteiger partial charge in [-0.25, -0.2) is 0 Å². The SMILES string of the molecule is C=C[C@H]1CN2CCC1C[C@H]2[C@@H](CC(=S)Nc1cc(C)cc(C(F)(F)F)c1)c1ccnc2ccc(CO)cc12. The van der Waals surface area contributed by atoms with Crippen molar-refractivity contribution in [3.63, 3.8) is 0 Å². The van der Waals surface area contributed by atoms with Gasteiger partial charge in [0, 0.05) is 42.2 Å². The topological polar surface area (TPSA) is 48.4 Å². The number of benzene rings is 2. The van der Waals surface area contributed by atoms with Crippen LogP contribution in [0.2, 0.25) is 0 Å². The van der Waals surface area contributed by atoms with Crippen molar-refractivity contribution in [2.75, 3.05) is 18.4 Å². The van der Waals surface area contributed by atoms with Gasteiger partial charge in [-0.2, -0.15) is 13.2 Å². The highest BCUT2D eigenvalue weighted by Crippen LogP contribution is 2.44. The van der Waals surface area contributed by atoms with Gasteiger partial charge >= 0.3 is 6.18 Å². The molecule has 0 saturated carbocycles. The van der Waals surface area contributed by atoms with E-state index in [-0.39, 0.29) is 18.6 Å². The van der Waals surface area contributed by atoms with Gasteiger partial charge in [0.2, 0.25) is 0 Å². The zero-order valence-electron chi connectivity index (χ0n) is 21.3. The van der Waals surface area contributed by atoms with Crippen molar-refractivity contribution in [3.05, 3.63) is 83.6 Å². The molecule has 2 bridgehead atoms. The van der Waals surface area contributed by atoms with Gasteiger partial charge in [-0.15, -0.1) is 6.58 Å². The molecule has 3 aliphatic rings. The molecule has 6 rings (SSSR count). The van der Waals surface area contributed by atoms with Crippen LogP contribution in [-0.2, 0) is 12.8 Å². The van der Waals surface area contributed by atoms with Gasteiger partial charge < -0.3 is 10.4 Å². The second-order valence-electron chi connectivity index (χ2n) is 10.6. The number of halogens is 3. The summed E-state index contributed by atoms with van der Waals surface area (Å²) >= 11 is 5.78. The van der Waals surface area contributed by atoms with E-state index < -0.39 is 11.7 Å². The van der Waals surface area contributed by atoms with Gasteiger partial charge in [-0.1, -0.05) is 24.4 Å². The lowest BCUT2D eigenvalue weighted by Crippen LogP contribution is -2.55. The summed E-state index contributed by atoms with van der Waals surface area (Å²) in [4.78, 5) is 7.57. The number of nitrogens with zero attached hydrogens (tertiary/aromatic N) is 2. The van der Waals surface area contributed by atoms with Gasteiger partial charge in [0.15, 0.2) is 0 Å². The number of aliphatic hydroxyl groups is 1. The van der Waals surface area contributed by atoms with Crippen molar-refractivity contribution >= 4 is 33.8 Å². The molecule has 3 aromatic rings. The first-order valence-corrected chi connectivity index (χ1v) is 13.4. The Balaban J connectivity index is 1.50. The highest BCUT2D eigenvalue weighted by Gasteiger charge is 2.43. The maximum Gasteiger partial charge on any atom is 0.416 e. The van der Waals surface area contributed by atoms with Crippen molar-refractivity contribution < 1.29 is 18.3 Å². The molecule has 0 spiro atoms. The van der Waals surface area contributed by atoms with E-state index in [1.807, 2.05) is 24.3 Å². The third kappa shape index (κ3) is 5.48. The number of nitrogens with one attached hydrogen (secondary N) is 1. The Labute approximate surface area is 226 Å². The fraction of sp³-hybridized carbons (Fsp3) is 0.400. The maximum absolute atomic E-state index is 13.4. The largest absolute Gasteiger partial charge is 0.416 e. The molecule has 4 heterocycles. The summed E-state index contributed by atoms with van der Waals surface area (Å²) in [6.07, 6.45) is 2.08. The van der Waals surface area contributed by atoms with Crippen LogP contribution < -0.4 is 5.32 Å². The summed E-state index contributed by atoms with van der Waals surface area (Å²) in [5, 5.41) is 13.9. The second-order valence-corrected chi connectivity index (χ2v) is 11.1. The number of hydrogen-bond donors (Lipinski definition) is 2. The molecule has 0 aliphatic carbocycles. The van der Waals surface area contributed by atoms with Crippen LogP contribution in [0.5, 0.6) is 0 Å². The van der Waals surface area contributed by atoms with Crippen molar-refractivity contribution in [2.24, 2.45) is 11.8 Å². The molecule has 8 heteroatoms. The lowest BCUT2D eigenvalue weighted by molar-refractivity contribution is -0.137. The third-order valence-electron chi connectivity index (χ3n) is 8.13. The van der Waals surface area contributed by atoms with E-state index in [4.69, 9.17) is 12.2 Å². The van der Waals surface area contributed by atoms with Gasteiger partial charge in [0.25, 0.3) is 0 Å². The summed E-state index contributed by atoms with van der Waals surface area (Å²) in [6.45, 7) is 7.59. The minimum atomic E-state index is -4.43. The van der Waals surface area contributed by atoms with E-state index in [1.165, 1.54) is 0 Å². The van der Waals surface area contributed by atoms with Crippen LogP contribution in [0, 0.1) is 18.8 Å². The molecule has 2 aromatic carbocycles. The Kier molecular flexibility index (Phi) is 7.58.